The van der Waals surface area contributed by atoms with Crippen LogP contribution in [0.25, 0.3) is 0 Å². The molecule has 7 nitrogen and oxygen atoms in total. The third-order valence-corrected chi connectivity index (χ3v) is 5.10. The van der Waals surface area contributed by atoms with E-state index in [0.29, 0.717) is 24.6 Å². The predicted molar refractivity (Wildman–Crippen MR) is 95.5 cm³/mol. The van der Waals surface area contributed by atoms with E-state index in [0.717, 1.165) is 38.2 Å². The first kappa shape index (κ1) is 19.7. The van der Waals surface area contributed by atoms with Crippen molar-refractivity contribution < 1.29 is 14.1 Å². The van der Waals surface area contributed by atoms with Gasteiger partial charge in [-0.3, -0.25) is 9.59 Å². The van der Waals surface area contributed by atoms with Gasteiger partial charge in [0.25, 0.3) is 0 Å². The number of likely N-dealkylation sites (N-methyl/N-ethyl adjacent to an activating group) is 1. The second kappa shape index (κ2) is 8.67. The highest BCUT2D eigenvalue weighted by molar-refractivity contribution is 5.85. The number of rotatable bonds is 5. The number of piperidine rings is 2. The zero-order valence-electron chi connectivity index (χ0n) is 14.9. The molecule has 0 radical (unpaired) electrons. The van der Waals surface area contributed by atoms with Crippen molar-refractivity contribution in [3.8, 4) is 0 Å². The van der Waals surface area contributed by atoms with E-state index in [9.17, 15) is 9.59 Å². The summed E-state index contributed by atoms with van der Waals surface area (Å²) in [5.74, 6) is 1.34. The highest BCUT2D eigenvalue weighted by Gasteiger charge is 2.40. The third kappa shape index (κ3) is 4.52. The summed E-state index contributed by atoms with van der Waals surface area (Å²) < 4.78 is 5.15. The number of carbonyl (C=O) groups is 2. The molecule has 0 unspecified atom stereocenters. The van der Waals surface area contributed by atoms with Crippen molar-refractivity contribution in [1.29, 1.82) is 0 Å². The number of hydrogen-bond acceptors (Lipinski definition) is 5. The quantitative estimate of drug-likeness (QED) is 0.836. The number of likely N-dealkylation sites (tertiary alicyclic amines) is 2. The van der Waals surface area contributed by atoms with Crippen molar-refractivity contribution in [3.63, 3.8) is 0 Å². The van der Waals surface area contributed by atoms with Crippen LogP contribution in [0.2, 0.25) is 0 Å². The maximum Gasteiger partial charge on any atom is 0.230 e. The van der Waals surface area contributed by atoms with Crippen LogP contribution in [0, 0.1) is 12.8 Å². The Balaban J connectivity index is 0.00000225. The zero-order valence-corrected chi connectivity index (χ0v) is 15.7. The van der Waals surface area contributed by atoms with Crippen LogP contribution in [0.3, 0.4) is 0 Å². The molecule has 0 bridgehead atoms. The van der Waals surface area contributed by atoms with Crippen LogP contribution in [0.4, 0.5) is 0 Å². The summed E-state index contributed by atoms with van der Waals surface area (Å²) in [4.78, 5) is 28.7. The molecule has 1 aromatic rings. The maximum absolute atomic E-state index is 12.5. The van der Waals surface area contributed by atoms with Crippen molar-refractivity contribution in [2.45, 2.75) is 38.6 Å². The number of halogens is 1. The molecule has 2 aliphatic heterocycles. The van der Waals surface area contributed by atoms with E-state index >= 15 is 0 Å². The van der Waals surface area contributed by atoms with Crippen LogP contribution in [-0.2, 0) is 16.0 Å². The summed E-state index contributed by atoms with van der Waals surface area (Å²) in [6, 6.07) is 2.08. The van der Waals surface area contributed by atoms with E-state index in [2.05, 4.69) is 10.5 Å². The fourth-order valence-corrected chi connectivity index (χ4v) is 3.86. The average molecular weight is 371 g/mol. The van der Waals surface area contributed by atoms with Crippen molar-refractivity contribution in [2.24, 2.45) is 5.92 Å². The lowest BCUT2D eigenvalue weighted by atomic mass is 9.83. The van der Waals surface area contributed by atoms with Gasteiger partial charge in [0.1, 0.15) is 5.76 Å². The second-order valence-electron chi connectivity index (χ2n) is 6.80. The van der Waals surface area contributed by atoms with Crippen LogP contribution in [-0.4, -0.2) is 66.0 Å². The molecule has 25 heavy (non-hydrogen) atoms. The molecule has 3 rings (SSSR count). The van der Waals surface area contributed by atoms with Gasteiger partial charge >= 0.3 is 0 Å². The first-order chi connectivity index (χ1) is 11.6. The van der Waals surface area contributed by atoms with E-state index in [-0.39, 0.29) is 36.7 Å². The lowest BCUT2D eigenvalue weighted by Gasteiger charge is -2.47. The fourth-order valence-electron chi connectivity index (χ4n) is 3.86. The highest BCUT2D eigenvalue weighted by Crippen LogP contribution is 2.31. The number of hydrogen-bond donors (Lipinski definition) is 1. The monoisotopic (exact) mass is 370 g/mol. The lowest BCUT2D eigenvalue weighted by Crippen LogP contribution is -2.57. The standard InChI is InChI=1S/C17H26N4O3.ClH/c1-12-9-14(24-19-12)10-17(23)20-7-5-15-13(11-20)3-4-16(22)21(15)8-6-18-2;/h9,13,15,18H,3-8,10-11H2,1-2H3;1H/t13-,15+;/m0./s1. The number of nitrogens with zero attached hydrogens (tertiary/aromatic N) is 3. The number of fused-ring (bicyclic) bond motifs is 1. The van der Waals surface area contributed by atoms with Crippen molar-refractivity contribution in [1.82, 2.24) is 20.3 Å². The van der Waals surface area contributed by atoms with Crippen LogP contribution >= 0.6 is 12.4 Å². The minimum Gasteiger partial charge on any atom is -0.361 e. The van der Waals surface area contributed by atoms with Gasteiger partial charge in [-0.25, -0.2) is 0 Å². The summed E-state index contributed by atoms with van der Waals surface area (Å²) in [6.07, 6.45) is 2.60. The van der Waals surface area contributed by atoms with Gasteiger partial charge < -0.3 is 19.6 Å². The van der Waals surface area contributed by atoms with E-state index in [1.165, 1.54) is 0 Å². The minimum atomic E-state index is 0. The predicted octanol–water partition coefficient (Wildman–Crippen LogP) is 1.01. The number of aryl methyl sites for hydroxylation is 1. The van der Waals surface area contributed by atoms with Gasteiger partial charge in [-0.15, -0.1) is 12.4 Å². The maximum atomic E-state index is 12.5. The SMILES string of the molecule is CNCCN1C(=O)CC[C@H]2CN(C(=O)Cc3cc(C)no3)CC[C@H]21.Cl. The molecule has 0 spiro atoms. The molecule has 0 aromatic carbocycles. The van der Waals surface area contributed by atoms with Crippen LogP contribution < -0.4 is 5.32 Å². The molecule has 0 saturated carbocycles. The number of nitrogens with one attached hydrogen (secondary N) is 1. The summed E-state index contributed by atoms with van der Waals surface area (Å²) in [7, 11) is 1.90. The summed E-state index contributed by atoms with van der Waals surface area (Å²) in [5.41, 5.74) is 0.794. The van der Waals surface area contributed by atoms with Crippen LogP contribution in [0.5, 0.6) is 0 Å². The Bertz CT molecular complexity index is 606. The van der Waals surface area contributed by atoms with Gasteiger partial charge in [0.2, 0.25) is 11.8 Å². The number of aromatic nitrogens is 1. The Morgan fingerprint density at radius 1 is 1.44 bits per heavy atom. The van der Waals surface area contributed by atoms with E-state index < -0.39 is 0 Å². The van der Waals surface area contributed by atoms with E-state index in [1.54, 1.807) is 0 Å². The highest BCUT2D eigenvalue weighted by atomic mass is 35.5. The van der Waals surface area contributed by atoms with Crippen molar-refractivity contribution in [3.05, 3.63) is 17.5 Å². The van der Waals surface area contributed by atoms with E-state index in [4.69, 9.17) is 4.52 Å². The minimum absolute atomic E-state index is 0. The summed E-state index contributed by atoms with van der Waals surface area (Å²) in [5, 5.41) is 6.94. The molecular weight excluding hydrogens is 344 g/mol. The second-order valence-corrected chi connectivity index (χ2v) is 6.80. The van der Waals surface area contributed by atoms with Gasteiger partial charge in [-0.2, -0.15) is 0 Å². The Kier molecular flexibility index (Phi) is 6.84. The van der Waals surface area contributed by atoms with Gasteiger partial charge in [0, 0.05) is 44.7 Å². The molecule has 8 heteroatoms. The lowest BCUT2D eigenvalue weighted by molar-refractivity contribution is -0.144. The molecule has 3 heterocycles. The van der Waals surface area contributed by atoms with Gasteiger partial charge in [-0.05, 0) is 32.7 Å². The van der Waals surface area contributed by atoms with Crippen molar-refractivity contribution >= 4 is 24.2 Å². The first-order valence-corrected chi connectivity index (χ1v) is 8.72. The fraction of sp³-hybridized carbons (Fsp3) is 0.706. The first-order valence-electron chi connectivity index (χ1n) is 8.72. The average Bonchev–Trinajstić information content (AvgIpc) is 2.98. The normalized spacial score (nSPS) is 23.2. The Hall–Kier alpha value is -1.60. The molecular formula is C17H27ClN4O3. The Labute approximate surface area is 154 Å². The molecule has 1 aromatic heterocycles. The zero-order chi connectivity index (χ0) is 17.1. The number of amides is 2. The third-order valence-electron chi connectivity index (χ3n) is 5.10. The van der Waals surface area contributed by atoms with Crippen LogP contribution in [0.15, 0.2) is 10.6 Å². The van der Waals surface area contributed by atoms with Crippen molar-refractivity contribution in [2.75, 3.05) is 33.2 Å². The molecule has 0 aliphatic carbocycles. The van der Waals surface area contributed by atoms with Gasteiger partial charge in [0.15, 0.2) is 0 Å². The molecule has 2 fully saturated rings. The summed E-state index contributed by atoms with van der Waals surface area (Å²) in [6.45, 7) is 4.85. The van der Waals surface area contributed by atoms with E-state index in [1.807, 2.05) is 29.8 Å². The van der Waals surface area contributed by atoms with Gasteiger partial charge in [0.05, 0.1) is 12.1 Å². The molecule has 2 saturated heterocycles. The Morgan fingerprint density at radius 3 is 2.92 bits per heavy atom. The Morgan fingerprint density at radius 2 is 2.24 bits per heavy atom. The molecule has 140 valence electrons. The largest absolute Gasteiger partial charge is 0.361 e. The van der Waals surface area contributed by atoms with Crippen LogP contribution in [0.1, 0.15) is 30.7 Å². The smallest absolute Gasteiger partial charge is 0.230 e. The summed E-state index contributed by atoms with van der Waals surface area (Å²) >= 11 is 0. The topological polar surface area (TPSA) is 78.7 Å². The molecule has 2 atom stereocenters. The molecule has 2 amide bonds. The molecule has 2 aliphatic rings. The van der Waals surface area contributed by atoms with Gasteiger partial charge in [-0.1, -0.05) is 5.16 Å². The molecule has 1 N–H and O–H groups in total. The number of carbonyl (C=O) groups excluding carboxylic acids is 2.